The lowest BCUT2D eigenvalue weighted by Gasteiger charge is -2.34. The molecule has 122 valence electrons. The van der Waals surface area contributed by atoms with E-state index >= 15 is 0 Å². The number of likely N-dealkylation sites (tertiary alicyclic amines) is 1. The van der Waals surface area contributed by atoms with Crippen LogP contribution in [-0.2, 0) is 10.2 Å². The van der Waals surface area contributed by atoms with E-state index in [4.69, 9.17) is 5.11 Å². The van der Waals surface area contributed by atoms with Gasteiger partial charge in [0.25, 0.3) is 0 Å². The summed E-state index contributed by atoms with van der Waals surface area (Å²) in [6.45, 7) is 9.08. The van der Waals surface area contributed by atoms with Crippen molar-refractivity contribution in [3.63, 3.8) is 0 Å². The van der Waals surface area contributed by atoms with Crippen molar-refractivity contribution in [1.82, 2.24) is 9.88 Å². The molecule has 6 nitrogen and oxygen atoms in total. The van der Waals surface area contributed by atoms with Crippen LogP contribution in [0.3, 0.4) is 0 Å². The van der Waals surface area contributed by atoms with Crippen LogP contribution >= 0.6 is 11.3 Å². The molecule has 22 heavy (non-hydrogen) atoms. The summed E-state index contributed by atoms with van der Waals surface area (Å²) >= 11 is 1.45. The van der Waals surface area contributed by atoms with Gasteiger partial charge >= 0.3 is 12.0 Å². The maximum atomic E-state index is 12.3. The van der Waals surface area contributed by atoms with Crippen LogP contribution in [0.2, 0.25) is 0 Å². The first kappa shape index (κ1) is 16.7. The molecule has 2 atom stereocenters. The third kappa shape index (κ3) is 3.97. The number of hydrogen-bond acceptors (Lipinski definition) is 4. The van der Waals surface area contributed by atoms with Crippen molar-refractivity contribution in [2.45, 2.75) is 39.5 Å². The Morgan fingerprint density at radius 1 is 1.41 bits per heavy atom. The van der Waals surface area contributed by atoms with Gasteiger partial charge in [-0.3, -0.25) is 10.1 Å². The molecule has 2 heterocycles. The average Bonchev–Trinajstić information content (AvgIpc) is 2.86. The number of urea groups is 1. The van der Waals surface area contributed by atoms with Crippen molar-refractivity contribution in [3.8, 4) is 0 Å². The smallest absolute Gasteiger partial charge is 0.323 e. The Balaban J connectivity index is 2.02. The van der Waals surface area contributed by atoms with Crippen LogP contribution in [0.4, 0.5) is 9.93 Å². The van der Waals surface area contributed by atoms with Crippen molar-refractivity contribution in [2.24, 2.45) is 11.8 Å². The zero-order chi connectivity index (χ0) is 16.5. The molecule has 2 unspecified atom stereocenters. The number of nitrogens with one attached hydrogen (secondary N) is 1. The molecule has 2 N–H and O–H groups in total. The number of rotatable bonds is 2. The van der Waals surface area contributed by atoms with E-state index in [-0.39, 0.29) is 23.9 Å². The Hall–Kier alpha value is -1.63. The molecule has 1 aromatic heterocycles. The molecule has 0 spiro atoms. The Kier molecular flexibility index (Phi) is 4.75. The maximum absolute atomic E-state index is 12.3. The Bertz CT molecular complexity index is 565. The molecular weight excluding hydrogens is 302 g/mol. The monoisotopic (exact) mass is 325 g/mol. The number of amides is 2. The number of aliphatic carboxylic acids is 1. The Morgan fingerprint density at radius 2 is 2.09 bits per heavy atom. The number of piperidine rings is 1. The van der Waals surface area contributed by atoms with Crippen LogP contribution in [-0.4, -0.2) is 40.1 Å². The molecule has 1 aromatic rings. The highest BCUT2D eigenvalue weighted by atomic mass is 32.1. The van der Waals surface area contributed by atoms with Gasteiger partial charge in [0, 0.05) is 24.2 Å². The largest absolute Gasteiger partial charge is 0.481 e. The van der Waals surface area contributed by atoms with Gasteiger partial charge in [-0.15, -0.1) is 11.3 Å². The third-order valence-corrected chi connectivity index (χ3v) is 5.09. The normalized spacial score (nSPS) is 22.5. The number of carbonyl (C=O) groups excluding carboxylic acids is 1. The van der Waals surface area contributed by atoms with Crippen molar-refractivity contribution in [1.29, 1.82) is 0 Å². The molecule has 1 saturated heterocycles. The van der Waals surface area contributed by atoms with Crippen LogP contribution in [0.15, 0.2) is 6.20 Å². The minimum absolute atomic E-state index is 0.00527. The van der Waals surface area contributed by atoms with E-state index in [0.29, 0.717) is 18.1 Å². The fourth-order valence-electron chi connectivity index (χ4n) is 2.55. The minimum Gasteiger partial charge on any atom is -0.481 e. The topological polar surface area (TPSA) is 82.5 Å². The number of anilines is 1. The van der Waals surface area contributed by atoms with Gasteiger partial charge in [-0.2, -0.15) is 0 Å². The van der Waals surface area contributed by atoms with Crippen LogP contribution in [0.5, 0.6) is 0 Å². The van der Waals surface area contributed by atoms with Crippen LogP contribution in [0, 0.1) is 11.8 Å². The highest BCUT2D eigenvalue weighted by Gasteiger charge is 2.32. The lowest BCUT2D eigenvalue weighted by atomic mass is 9.91. The maximum Gasteiger partial charge on any atom is 0.323 e. The second-order valence-corrected chi connectivity index (χ2v) is 8.02. The number of hydrogen-bond donors (Lipinski definition) is 2. The second kappa shape index (κ2) is 6.24. The molecule has 0 aliphatic carbocycles. The Morgan fingerprint density at radius 3 is 2.64 bits per heavy atom. The summed E-state index contributed by atoms with van der Waals surface area (Å²) in [5.74, 6) is -1.15. The standard InChI is InChI=1S/C15H23N3O3S/c1-9-5-10(12(19)20)8-18(7-9)14(21)17-13-16-6-11(22-13)15(2,3)4/h6,9-10H,5,7-8H2,1-4H3,(H,19,20)(H,16,17,21). The first-order valence-corrected chi connectivity index (χ1v) is 8.23. The van der Waals surface area contributed by atoms with Gasteiger partial charge in [0.2, 0.25) is 0 Å². The number of carboxylic acid groups (broad SMARTS) is 1. The zero-order valence-corrected chi connectivity index (χ0v) is 14.2. The first-order valence-electron chi connectivity index (χ1n) is 7.42. The molecule has 7 heteroatoms. The summed E-state index contributed by atoms with van der Waals surface area (Å²) in [6, 6.07) is -0.271. The van der Waals surface area contributed by atoms with Gasteiger partial charge in [0.15, 0.2) is 5.13 Å². The average molecular weight is 325 g/mol. The summed E-state index contributed by atoms with van der Waals surface area (Å²) in [7, 11) is 0. The van der Waals surface area contributed by atoms with Gasteiger partial charge in [-0.05, 0) is 17.8 Å². The fourth-order valence-corrected chi connectivity index (χ4v) is 3.41. The summed E-state index contributed by atoms with van der Waals surface area (Å²) in [4.78, 5) is 30.4. The molecule has 0 saturated carbocycles. The minimum atomic E-state index is -0.839. The van der Waals surface area contributed by atoms with Crippen molar-refractivity contribution < 1.29 is 14.7 Å². The fraction of sp³-hybridized carbons (Fsp3) is 0.667. The van der Waals surface area contributed by atoms with E-state index in [1.165, 1.54) is 11.3 Å². The molecule has 0 aromatic carbocycles. The van der Waals surface area contributed by atoms with E-state index < -0.39 is 11.9 Å². The predicted molar refractivity (Wildman–Crippen MR) is 86.3 cm³/mol. The molecule has 0 radical (unpaired) electrons. The summed E-state index contributed by atoms with van der Waals surface area (Å²) < 4.78 is 0. The lowest BCUT2D eigenvalue weighted by molar-refractivity contribution is -0.143. The SMILES string of the molecule is CC1CC(C(=O)O)CN(C(=O)Nc2ncc(C(C)(C)C)s2)C1. The molecule has 1 aliphatic heterocycles. The lowest BCUT2D eigenvalue weighted by Crippen LogP contribution is -2.47. The van der Waals surface area contributed by atoms with Gasteiger partial charge in [-0.25, -0.2) is 9.78 Å². The van der Waals surface area contributed by atoms with Gasteiger partial charge in [-0.1, -0.05) is 27.7 Å². The first-order chi connectivity index (χ1) is 10.2. The molecule has 1 fully saturated rings. The molecule has 0 bridgehead atoms. The van der Waals surface area contributed by atoms with Crippen molar-refractivity contribution in [3.05, 3.63) is 11.1 Å². The number of carboxylic acids is 1. The number of nitrogens with zero attached hydrogens (tertiary/aromatic N) is 2. The van der Waals surface area contributed by atoms with E-state index in [1.807, 2.05) is 6.92 Å². The van der Waals surface area contributed by atoms with Gasteiger partial charge < -0.3 is 10.0 Å². The summed E-state index contributed by atoms with van der Waals surface area (Å²) in [5.41, 5.74) is -0.00527. The quantitative estimate of drug-likeness (QED) is 0.875. The second-order valence-electron chi connectivity index (χ2n) is 6.99. The summed E-state index contributed by atoms with van der Waals surface area (Å²) in [5, 5.41) is 12.5. The molecular formula is C15H23N3O3S. The third-order valence-electron chi connectivity index (χ3n) is 3.75. The predicted octanol–water partition coefficient (Wildman–Crippen LogP) is 3.02. The van der Waals surface area contributed by atoms with E-state index in [0.717, 1.165) is 4.88 Å². The van der Waals surface area contributed by atoms with Crippen LogP contribution < -0.4 is 5.32 Å². The number of aromatic nitrogens is 1. The van der Waals surface area contributed by atoms with Crippen LogP contribution in [0.25, 0.3) is 0 Å². The highest BCUT2D eigenvalue weighted by Crippen LogP contribution is 2.30. The zero-order valence-electron chi connectivity index (χ0n) is 13.4. The number of thiazole rings is 1. The Labute approximate surface area is 134 Å². The van der Waals surface area contributed by atoms with Crippen molar-refractivity contribution in [2.75, 3.05) is 18.4 Å². The van der Waals surface area contributed by atoms with Crippen LogP contribution in [0.1, 0.15) is 39.0 Å². The van der Waals surface area contributed by atoms with Crippen molar-refractivity contribution >= 4 is 28.5 Å². The number of carbonyl (C=O) groups is 2. The summed E-state index contributed by atoms with van der Waals surface area (Å²) in [6.07, 6.45) is 2.39. The molecule has 2 rings (SSSR count). The molecule has 2 amide bonds. The van der Waals surface area contributed by atoms with E-state index in [9.17, 15) is 9.59 Å². The van der Waals surface area contributed by atoms with E-state index in [1.54, 1.807) is 11.1 Å². The van der Waals surface area contributed by atoms with Gasteiger partial charge in [0.05, 0.1) is 5.92 Å². The molecule has 1 aliphatic rings. The highest BCUT2D eigenvalue weighted by molar-refractivity contribution is 7.15. The van der Waals surface area contributed by atoms with E-state index in [2.05, 4.69) is 31.1 Å². The van der Waals surface area contributed by atoms with Gasteiger partial charge in [0.1, 0.15) is 0 Å².